The summed E-state index contributed by atoms with van der Waals surface area (Å²) in [6, 6.07) is 6.87. The van der Waals surface area contributed by atoms with E-state index < -0.39 is 17.6 Å². The fourth-order valence-corrected chi connectivity index (χ4v) is 1.67. The van der Waals surface area contributed by atoms with Crippen LogP contribution in [0.4, 0.5) is 4.79 Å². The van der Waals surface area contributed by atoms with Crippen molar-refractivity contribution in [2.75, 3.05) is 6.54 Å². The number of halogens is 1. The van der Waals surface area contributed by atoms with Gasteiger partial charge >= 0.3 is 12.0 Å². The predicted octanol–water partition coefficient (Wildman–Crippen LogP) is 1.08. The van der Waals surface area contributed by atoms with Gasteiger partial charge in [0.1, 0.15) is 0 Å². The zero-order chi connectivity index (χ0) is 14.5. The summed E-state index contributed by atoms with van der Waals surface area (Å²) in [5, 5.41) is 22.9. The maximum Gasteiger partial charge on any atom is 0.337 e. The van der Waals surface area contributed by atoms with Crippen molar-refractivity contribution < 1.29 is 19.8 Å². The van der Waals surface area contributed by atoms with E-state index in [1.54, 1.807) is 0 Å². The molecule has 1 aromatic rings. The van der Waals surface area contributed by atoms with Crippen LogP contribution in [0.25, 0.3) is 0 Å². The van der Waals surface area contributed by atoms with Crippen molar-refractivity contribution in [1.82, 2.24) is 10.6 Å². The van der Waals surface area contributed by atoms with E-state index in [-0.39, 0.29) is 6.54 Å². The number of carbonyl (C=O) groups excluding carboxylic acids is 1. The van der Waals surface area contributed by atoms with Crippen LogP contribution in [-0.4, -0.2) is 34.4 Å². The second kappa shape index (κ2) is 6.53. The highest BCUT2D eigenvalue weighted by molar-refractivity contribution is 9.10. The summed E-state index contributed by atoms with van der Waals surface area (Å²) < 4.78 is 0.904. The lowest BCUT2D eigenvalue weighted by Gasteiger charge is -2.18. The minimum absolute atomic E-state index is 0.306. The van der Waals surface area contributed by atoms with Crippen molar-refractivity contribution in [2.45, 2.75) is 19.1 Å². The van der Waals surface area contributed by atoms with Crippen molar-refractivity contribution in [3.8, 4) is 0 Å². The van der Waals surface area contributed by atoms with Crippen molar-refractivity contribution in [3.63, 3.8) is 0 Å². The quantitative estimate of drug-likeness (QED) is 0.649. The molecule has 19 heavy (non-hydrogen) atoms. The molecule has 0 saturated carbocycles. The monoisotopic (exact) mass is 330 g/mol. The third-order valence-electron chi connectivity index (χ3n) is 2.40. The molecular weight excluding hydrogens is 316 g/mol. The number of hydrogen-bond donors (Lipinski definition) is 4. The van der Waals surface area contributed by atoms with Gasteiger partial charge in [-0.05, 0) is 24.6 Å². The number of carboxylic acids is 1. The van der Waals surface area contributed by atoms with Gasteiger partial charge in [0.05, 0.1) is 6.54 Å². The van der Waals surface area contributed by atoms with Crippen LogP contribution in [0.15, 0.2) is 28.7 Å². The lowest BCUT2D eigenvalue weighted by atomic mass is 10.1. The van der Waals surface area contributed by atoms with Gasteiger partial charge in [0.25, 0.3) is 0 Å². The molecule has 0 aliphatic heterocycles. The van der Waals surface area contributed by atoms with Crippen molar-refractivity contribution in [2.24, 2.45) is 0 Å². The summed E-state index contributed by atoms with van der Waals surface area (Å²) in [6.07, 6.45) is 0. The van der Waals surface area contributed by atoms with E-state index in [4.69, 9.17) is 5.11 Å². The van der Waals surface area contributed by atoms with E-state index >= 15 is 0 Å². The number of amides is 2. The molecule has 0 radical (unpaired) electrons. The van der Waals surface area contributed by atoms with E-state index in [1.165, 1.54) is 0 Å². The average Bonchev–Trinajstić information content (AvgIpc) is 2.34. The fourth-order valence-electron chi connectivity index (χ4n) is 1.22. The SMILES string of the molecule is CC(O)(CNC(=O)NCc1cccc(Br)c1)C(=O)O. The molecule has 1 unspecified atom stereocenters. The molecule has 2 amide bonds. The summed E-state index contributed by atoms with van der Waals surface area (Å²) in [6.45, 7) is 1.05. The van der Waals surface area contributed by atoms with Crippen LogP contribution < -0.4 is 10.6 Å². The molecule has 7 heteroatoms. The highest BCUT2D eigenvalue weighted by Crippen LogP contribution is 2.11. The van der Waals surface area contributed by atoms with Gasteiger partial charge in [-0.1, -0.05) is 28.1 Å². The fraction of sp³-hybridized carbons (Fsp3) is 0.333. The van der Waals surface area contributed by atoms with Gasteiger partial charge in [-0.15, -0.1) is 0 Å². The zero-order valence-corrected chi connectivity index (χ0v) is 11.9. The Morgan fingerprint density at radius 2 is 2.05 bits per heavy atom. The molecule has 1 aromatic carbocycles. The number of carbonyl (C=O) groups is 2. The molecular formula is C12H15BrN2O4. The number of rotatable bonds is 5. The van der Waals surface area contributed by atoms with Gasteiger partial charge < -0.3 is 20.8 Å². The van der Waals surface area contributed by atoms with Crippen LogP contribution in [-0.2, 0) is 11.3 Å². The van der Waals surface area contributed by atoms with E-state index in [0.29, 0.717) is 6.54 Å². The second-order valence-corrected chi connectivity index (χ2v) is 5.16. The molecule has 0 saturated heterocycles. The summed E-state index contributed by atoms with van der Waals surface area (Å²) in [4.78, 5) is 22.1. The first kappa shape index (κ1) is 15.5. The molecule has 6 nitrogen and oxygen atoms in total. The van der Waals surface area contributed by atoms with Gasteiger partial charge in [-0.2, -0.15) is 0 Å². The zero-order valence-electron chi connectivity index (χ0n) is 10.3. The Morgan fingerprint density at radius 1 is 1.37 bits per heavy atom. The number of aliphatic carboxylic acids is 1. The van der Waals surface area contributed by atoms with Gasteiger partial charge in [-0.3, -0.25) is 0 Å². The highest BCUT2D eigenvalue weighted by atomic mass is 79.9. The summed E-state index contributed by atoms with van der Waals surface area (Å²) in [5.41, 5.74) is -1.08. The normalized spacial score (nSPS) is 13.4. The van der Waals surface area contributed by atoms with Gasteiger partial charge in [0.2, 0.25) is 0 Å². The lowest BCUT2D eigenvalue weighted by Crippen LogP contribution is -2.48. The van der Waals surface area contributed by atoms with Crippen LogP contribution in [0.2, 0.25) is 0 Å². The van der Waals surface area contributed by atoms with E-state index in [0.717, 1.165) is 17.0 Å². The Bertz CT molecular complexity index is 477. The molecule has 0 bridgehead atoms. The highest BCUT2D eigenvalue weighted by Gasteiger charge is 2.30. The van der Waals surface area contributed by atoms with Crippen LogP contribution in [0.1, 0.15) is 12.5 Å². The van der Waals surface area contributed by atoms with E-state index in [9.17, 15) is 14.7 Å². The summed E-state index contributed by atoms with van der Waals surface area (Å²) in [7, 11) is 0. The minimum Gasteiger partial charge on any atom is -0.479 e. The number of carboxylic acid groups (broad SMARTS) is 1. The molecule has 4 N–H and O–H groups in total. The Morgan fingerprint density at radius 3 is 2.63 bits per heavy atom. The number of benzene rings is 1. The summed E-state index contributed by atoms with van der Waals surface area (Å²) >= 11 is 3.32. The van der Waals surface area contributed by atoms with Crippen LogP contribution in [0.3, 0.4) is 0 Å². The third kappa shape index (κ3) is 5.27. The van der Waals surface area contributed by atoms with Crippen LogP contribution >= 0.6 is 15.9 Å². The molecule has 0 aliphatic rings. The lowest BCUT2D eigenvalue weighted by molar-refractivity contribution is -0.155. The van der Waals surface area contributed by atoms with Gasteiger partial charge in [0, 0.05) is 11.0 Å². The Hall–Kier alpha value is -1.60. The number of aliphatic hydroxyl groups is 1. The van der Waals surface area contributed by atoms with Crippen molar-refractivity contribution >= 4 is 27.9 Å². The maximum atomic E-state index is 11.4. The molecule has 104 valence electrons. The number of hydrogen-bond acceptors (Lipinski definition) is 3. The van der Waals surface area contributed by atoms with Gasteiger partial charge in [0.15, 0.2) is 5.60 Å². The minimum atomic E-state index is -1.98. The Labute approximate surface area is 118 Å². The molecule has 0 spiro atoms. The first-order valence-corrected chi connectivity index (χ1v) is 6.32. The second-order valence-electron chi connectivity index (χ2n) is 4.25. The topological polar surface area (TPSA) is 98.7 Å². The largest absolute Gasteiger partial charge is 0.479 e. The number of nitrogens with one attached hydrogen (secondary N) is 2. The maximum absolute atomic E-state index is 11.4. The third-order valence-corrected chi connectivity index (χ3v) is 2.89. The van der Waals surface area contributed by atoms with Crippen LogP contribution in [0, 0.1) is 0 Å². The average molecular weight is 331 g/mol. The molecule has 0 heterocycles. The molecule has 0 fully saturated rings. The Kier molecular flexibility index (Phi) is 5.31. The molecule has 1 atom stereocenters. The van der Waals surface area contributed by atoms with E-state index in [2.05, 4.69) is 26.6 Å². The van der Waals surface area contributed by atoms with Crippen molar-refractivity contribution in [3.05, 3.63) is 34.3 Å². The van der Waals surface area contributed by atoms with Gasteiger partial charge in [-0.25, -0.2) is 9.59 Å². The molecule has 0 aromatic heterocycles. The molecule has 0 aliphatic carbocycles. The summed E-state index contributed by atoms with van der Waals surface area (Å²) in [5.74, 6) is -1.39. The first-order chi connectivity index (χ1) is 8.81. The number of urea groups is 1. The smallest absolute Gasteiger partial charge is 0.337 e. The molecule has 1 rings (SSSR count). The predicted molar refractivity (Wildman–Crippen MR) is 72.6 cm³/mol. The van der Waals surface area contributed by atoms with E-state index in [1.807, 2.05) is 24.3 Å². The first-order valence-electron chi connectivity index (χ1n) is 5.53. The standard InChI is InChI=1S/C12H15BrN2O4/c1-12(19,10(16)17)7-15-11(18)14-6-8-3-2-4-9(13)5-8/h2-5,19H,6-7H2,1H3,(H,16,17)(H2,14,15,18). The van der Waals surface area contributed by atoms with Crippen molar-refractivity contribution in [1.29, 1.82) is 0 Å². The van der Waals surface area contributed by atoms with Crippen LogP contribution in [0.5, 0.6) is 0 Å². The Balaban J connectivity index is 2.39.